The molecule has 0 aliphatic carbocycles. The van der Waals surface area contributed by atoms with Gasteiger partial charge in [-0.2, -0.15) is 4.31 Å². The van der Waals surface area contributed by atoms with Gasteiger partial charge in [0, 0.05) is 31.1 Å². The highest BCUT2D eigenvalue weighted by Crippen LogP contribution is 2.21. The number of nitrogens with one attached hydrogen (secondary N) is 1. The van der Waals surface area contributed by atoms with Crippen LogP contribution in [0.1, 0.15) is 30.4 Å². The molecule has 0 aromatic heterocycles. The normalized spacial score (nSPS) is 15.0. The third-order valence-electron chi connectivity index (χ3n) is 4.65. The summed E-state index contributed by atoms with van der Waals surface area (Å²) in [6, 6.07) is 14.2. The molecular weight excluding hydrogens is 384 g/mol. The zero-order chi connectivity index (χ0) is 19.3. The van der Waals surface area contributed by atoms with Crippen LogP contribution in [-0.2, 0) is 27.8 Å². The third kappa shape index (κ3) is 5.31. The lowest BCUT2D eigenvalue weighted by molar-refractivity contribution is -0.121. The second kappa shape index (κ2) is 8.87. The highest BCUT2D eigenvalue weighted by Gasteiger charge is 2.26. The van der Waals surface area contributed by atoms with Crippen molar-refractivity contribution in [3.8, 4) is 0 Å². The first kappa shape index (κ1) is 19.9. The van der Waals surface area contributed by atoms with Crippen molar-refractivity contribution in [1.29, 1.82) is 0 Å². The molecule has 144 valence electrons. The molecule has 5 nitrogen and oxygen atoms in total. The average Bonchev–Trinajstić information content (AvgIpc) is 3.21. The molecule has 1 heterocycles. The Labute approximate surface area is 165 Å². The number of sulfonamides is 1. The van der Waals surface area contributed by atoms with Gasteiger partial charge < -0.3 is 5.32 Å². The summed E-state index contributed by atoms with van der Waals surface area (Å²) < 4.78 is 26.5. The fraction of sp³-hybridized carbons (Fsp3) is 0.350. The number of benzene rings is 2. The first-order chi connectivity index (χ1) is 12.9. The van der Waals surface area contributed by atoms with E-state index in [2.05, 4.69) is 5.32 Å². The van der Waals surface area contributed by atoms with E-state index in [0.717, 1.165) is 24.0 Å². The van der Waals surface area contributed by atoms with Gasteiger partial charge in [0.15, 0.2) is 0 Å². The van der Waals surface area contributed by atoms with E-state index in [4.69, 9.17) is 11.6 Å². The molecule has 2 aromatic carbocycles. The second-order valence-electron chi connectivity index (χ2n) is 6.66. The summed E-state index contributed by atoms with van der Waals surface area (Å²) in [6.07, 6.45) is 2.74. The van der Waals surface area contributed by atoms with Crippen molar-refractivity contribution in [2.45, 2.75) is 37.1 Å². The monoisotopic (exact) mass is 406 g/mol. The minimum Gasteiger partial charge on any atom is -0.352 e. The molecule has 0 saturated carbocycles. The van der Waals surface area contributed by atoms with Crippen LogP contribution in [0.25, 0.3) is 0 Å². The maximum Gasteiger partial charge on any atom is 0.243 e. The van der Waals surface area contributed by atoms with E-state index < -0.39 is 10.0 Å². The van der Waals surface area contributed by atoms with Gasteiger partial charge in [-0.05, 0) is 54.7 Å². The number of aryl methyl sites for hydroxylation is 1. The van der Waals surface area contributed by atoms with E-state index in [9.17, 15) is 13.2 Å². The molecule has 1 saturated heterocycles. The van der Waals surface area contributed by atoms with Crippen LogP contribution >= 0.6 is 11.6 Å². The van der Waals surface area contributed by atoms with E-state index in [1.165, 1.54) is 4.31 Å². The molecule has 1 N–H and O–H groups in total. The standard InChI is InChI=1S/C20H23ClN2O3S/c21-18-5-3-4-17(14-18)15-22-20(24)11-8-16-6-9-19(10-7-16)27(25,26)23-12-1-2-13-23/h3-7,9-10,14H,1-2,8,11-13,15H2,(H,22,24). The molecule has 3 rings (SSSR count). The lowest BCUT2D eigenvalue weighted by atomic mass is 10.1. The minimum absolute atomic E-state index is 0.0521. The van der Waals surface area contributed by atoms with Gasteiger partial charge in [-0.1, -0.05) is 35.9 Å². The van der Waals surface area contributed by atoms with Gasteiger partial charge in [-0.3, -0.25) is 4.79 Å². The maximum atomic E-state index is 12.5. The molecular formula is C20H23ClN2O3S. The third-order valence-corrected chi connectivity index (χ3v) is 6.79. The molecule has 0 radical (unpaired) electrons. The molecule has 7 heteroatoms. The average molecular weight is 407 g/mol. The summed E-state index contributed by atoms with van der Waals surface area (Å²) in [5, 5.41) is 3.51. The highest BCUT2D eigenvalue weighted by molar-refractivity contribution is 7.89. The zero-order valence-corrected chi connectivity index (χ0v) is 16.6. The second-order valence-corrected chi connectivity index (χ2v) is 9.04. The van der Waals surface area contributed by atoms with Crippen molar-refractivity contribution in [2.24, 2.45) is 0 Å². The number of hydrogen-bond donors (Lipinski definition) is 1. The summed E-state index contributed by atoms with van der Waals surface area (Å²) >= 11 is 5.93. The molecule has 27 heavy (non-hydrogen) atoms. The lowest BCUT2D eigenvalue weighted by Crippen LogP contribution is -2.27. The van der Waals surface area contributed by atoms with Crippen molar-refractivity contribution in [2.75, 3.05) is 13.1 Å². The highest BCUT2D eigenvalue weighted by atomic mass is 35.5. The quantitative estimate of drug-likeness (QED) is 0.766. The number of carbonyl (C=O) groups is 1. The number of carbonyl (C=O) groups excluding carboxylic acids is 1. The number of amides is 1. The summed E-state index contributed by atoms with van der Waals surface area (Å²) in [6.45, 7) is 1.63. The first-order valence-electron chi connectivity index (χ1n) is 9.05. The predicted octanol–water partition coefficient (Wildman–Crippen LogP) is 3.37. The van der Waals surface area contributed by atoms with E-state index in [-0.39, 0.29) is 5.91 Å². The van der Waals surface area contributed by atoms with Crippen molar-refractivity contribution >= 4 is 27.5 Å². The van der Waals surface area contributed by atoms with Gasteiger partial charge in [-0.25, -0.2) is 8.42 Å². The topological polar surface area (TPSA) is 66.5 Å². The number of hydrogen-bond acceptors (Lipinski definition) is 3. The first-order valence-corrected chi connectivity index (χ1v) is 10.9. The Kier molecular flexibility index (Phi) is 6.52. The summed E-state index contributed by atoms with van der Waals surface area (Å²) in [7, 11) is -3.39. The smallest absolute Gasteiger partial charge is 0.243 e. The molecule has 1 aliphatic heterocycles. The number of rotatable bonds is 7. The van der Waals surface area contributed by atoms with E-state index in [1.807, 2.05) is 18.2 Å². The van der Waals surface area contributed by atoms with Gasteiger partial charge in [0.25, 0.3) is 0 Å². The largest absolute Gasteiger partial charge is 0.352 e. The molecule has 0 atom stereocenters. The van der Waals surface area contributed by atoms with Crippen molar-refractivity contribution in [3.05, 3.63) is 64.7 Å². The van der Waals surface area contributed by atoms with E-state index >= 15 is 0 Å². The Hall–Kier alpha value is -1.89. The van der Waals surface area contributed by atoms with Gasteiger partial charge in [0.1, 0.15) is 0 Å². The van der Waals surface area contributed by atoms with Crippen LogP contribution in [0.15, 0.2) is 53.4 Å². The molecule has 2 aromatic rings. The Morgan fingerprint density at radius 3 is 2.41 bits per heavy atom. The van der Waals surface area contributed by atoms with Crippen LogP contribution in [0.3, 0.4) is 0 Å². The van der Waals surface area contributed by atoms with Crippen LogP contribution in [0.5, 0.6) is 0 Å². The van der Waals surface area contributed by atoms with Gasteiger partial charge >= 0.3 is 0 Å². The Morgan fingerprint density at radius 1 is 1.04 bits per heavy atom. The molecule has 1 fully saturated rings. The summed E-state index contributed by atoms with van der Waals surface area (Å²) in [4.78, 5) is 12.3. The fourth-order valence-corrected chi connectivity index (χ4v) is 4.83. The Bertz CT molecular complexity index is 892. The predicted molar refractivity (Wildman–Crippen MR) is 106 cm³/mol. The molecule has 0 spiro atoms. The van der Waals surface area contributed by atoms with Crippen molar-refractivity contribution in [1.82, 2.24) is 9.62 Å². The molecule has 1 aliphatic rings. The van der Waals surface area contributed by atoms with Crippen LogP contribution in [0.4, 0.5) is 0 Å². The van der Waals surface area contributed by atoms with Crippen molar-refractivity contribution < 1.29 is 13.2 Å². The fourth-order valence-electron chi connectivity index (χ4n) is 3.10. The van der Waals surface area contributed by atoms with Crippen LogP contribution < -0.4 is 5.32 Å². The summed E-state index contributed by atoms with van der Waals surface area (Å²) in [5.74, 6) is -0.0521. The maximum absolute atomic E-state index is 12.5. The zero-order valence-electron chi connectivity index (χ0n) is 15.0. The molecule has 1 amide bonds. The van der Waals surface area contributed by atoms with E-state index in [0.29, 0.717) is 42.4 Å². The van der Waals surface area contributed by atoms with E-state index in [1.54, 1.807) is 30.3 Å². The molecule has 0 bridgehead atoms. The van der Waals surface area contributed by atoms with Crippen LogP contribution in [0, 0.1) is 0 Å². The van der Waals surface area contributed by atoms with Crippen molar-refractivity contribution in [3.63, 3.8) is 0 Å². The lowest BCUT2D eigenvalue weighted by Gasteiger charge is -2.15. The number of halogens is 1. The van der Waals surface area contributed by atoms with Crippen LogP contribution in [0.2, 0.25) is 5.02 Å². The summed E-state index contributed by atoms with van der Waals surface area (Å²) in [5.41, 5.74) is 1.89. The number of nitrogens with zero attached hydrogens (tertiary/aromatic N) is 1. The molecule has 0 unspecified atom stereocenters. The SMILES string of the molecule is O=C(CCc1ccc(S(=O)(=O)N2CCCC2)cc1)NCc1cccc(Cl)c1. The van der Waals surface area contributed by atoms with Crippen LogP contribution in [-0.4, -0.2) is 31.7 Å². The van der Waals surface area contributed by atoms with Gasteiger partial charge in [0.2, 0.25) is 15.9 Å². The Balaban J connectivity index is 1.50. The van der Waals surface area contributed by atoms with Gasteiger partial charge in [-0.15, -0.1) is 0 Å². The van der Waals surface area contributed by atoms with Gasteiger partial charge in [0.05, 0.1) is 4.90 Å². The minimum atomic E-state index is -3.39. The Morgan fingerprint density at radius 2 is 1.74 bits per heavy atom.